The van der Waals surface area contributed by atoms with E-state index in [9.17, 15) is 0 Å². The molecule has 0 aliphatic carbocycles. The van der Waals surface area contributed by atoms with Gasteiger partial charge in [0.05, 0.1) is 20.4 Å². The van der Waals surface area contributed by atoms with E-state index in [1.807, 2.05) is 50.2 Å². The lowest BCUT2D eigenvalue weighted by Gasteiger charge is -2.11. The van der Waals surface area contributed by atoms with Gasteiger partial charge in [0.1, 0.15) is 12.4 Å². The quantitative estimate of drug-likeness (QED) is 0.420. The van der Waals surface area contributed by atoms with Crippen LogP contribution in [0, 0.1) is 13.8 Å². The Morgan fingerprint density at radius 2 is 1.58 bits per heavy atom. The summed E-state index contributed by atoms with van der Waals surface area (Å²) in [4.78, 5) is 5.26. The van der Waals surface area contributed by atoms with Crippen LogP contribution < -0.4 is 14.2 Å². The molecule has 0 spiro atoms. The Morgan fingerprint density at radius 3 is 2.25 bits per heavy atom. The summed E-state index contributed by atoms with van der Waals surface area (Å²) in [6, 6.07) is 11.6. The lowest BCUT2D eigenvalue weighted by atomic mass is 10.1. The number of hydrogen-bond donors (Lipinski definition) is 0. The van der Waals surface area contributed by atoms with Crippen molar-refractivity contribution in [3.05, 3.63) is 53.1 Å². The van der Waals surface area contributed by atoms with Gasteiger partial charge in [0, 0.05) is 5.56 Å². The summed E-state index contributed by atoms with van der Waals surface area (Å²) in [5.41, 5.74) is 3.01. The van der Waals surface area contributed by atoms with Gasteiger partial charge in [0.25, 0.3) is 0 Å². The van der Waals surface area contributed by atoms with Gasteiger partial charge in [-0.2, -0.15) is 0 Å². The zero-order valence-corrected chi connectivity index (χ0v) is 14.5. The van der Waals surface area contributed by atoms with Crippen LogP contribution in [0.25, 0.3) is 0 Å². The Bertz CT molecular complexity index is 678. The number of ether oxygens (including phenoxy) is 3. The summed E-state index contributed by atoms with van der Waals surface area (Å²) in [7, 11) is 3.19. The van der Waals surface area contributed by atoms with Crippen LogP contribution in [0.15, 0.2) is 41.6 Å². The number of benzene rings is 2. The van der Waals surface area contributed by atoms with Crippen molar-refractivity contribution in [3.63, 3.8) is 0 Å². The number of para-hydroxylation sites is 2. The number of rotatable bonds is 8. The molecule has 0 N–H and O–H groups in total. The summed E-state index contributed by atoms with van der Waals surface area (Å²) >= 11 is 0. The first-order chi connectivity index (χ1) is 11.7. The van der Waals surface area contributed by atoms with Crippen LogP contribution in [-0.2, 0) is 4.84 Å². The van der Waals surface area contributed by atoms with Crippen LogP contribution in [-0.4, -0.2) is 33.6 Å². The van der Waals surface area contributed by atoms with E-state index in [1.54, 1.807) is 20.4 Å². The summed E-state index contributed by atoms with van der Waals surface area (Å²) in [5.74, 6) is 2.18. The normalized spacial score (nSPS) is 10.7. The fourth-order valence-corrected chi connectivity index (χ4v) is 2.37. The second-order valence-electron chi connectivity index (χ2n) is 5.22. The molecule has 0 heterocycles. The third-order valence-electron chi connectivity index (χ3n) is 3.53. The van der Waals surface area contributed by atoms with E-state index in [2.05, 4.69) is 5.16 Å². The molecule has 0 saturated carbocycles. The number of methoxy groups -OCH3 is 2. The highest BCUT2D eigenvalue weighted by Crippen LogP contribution is 2.29. The molecule has 24 heavy (non-hydrogen) atoms. The van der Waals surface area contributed by atoms with Gasteiger partial charge in [-0.15, -0.1) is 0 Å². The molecule has 0 atom stereocenters. The Kier molecular flexibility index (Phi) is 6.49. The number of aryl methyl sites for hydroxylation is 2. The Morgan fingerprint density at radius 1 is 0.875 bits per heavy atom. The van der Waals surface area contributed by atoms with Crippen molar-refractivity contribution in [1.82, 2.24) is 0 Å². The molecule has 0 bridgehead atoms. The van der Waals surface area contributed by atoms with Crippen molar-refractivity contribution >= 4 is 6.21 Å². The molecule has 0 unspecified atom stereocenters. The zero-order chi connectivity index (χ0) is 17.4. The summed E-state index contributed by atoms with van der Waals surface area (Å²) in [5, 5.41) is 3.96. The first kappa shape index (κ1) is 17.7. The van der Waals surface area contributed by atoms with Crippen LogP contribution in [0.4, 0.5) is 0 Å². The predicted octanol–water partition coefficient (Wildman–Crippen LogP) is 3.75. The minimum atomic E-state index is 0.358. The van der Waals surface area contributed by atoms with Gasteiger partial charge >= 0.3 is 0 Å². The van der Waals surface area contributed by atoms with Crippen LogP contribution in [0.3, 0.4) is 0 Å². The number of nitrogens with zero attached hydrogens (tertiary/aromatic N) is 1. The molecule has 0 aliphatic rings. The summed E-state index contributed by atoms with van der Waals surface area (Å²) in [6.07, 6.45) is 1.60. The average Bonchev–Trinajstić information content (AvgIpc) is 2.59. The van der Waals surface area contributed by atoms with Crippen molar-refractivity contribution < 1.29 is 19.0 Å². The van der Waals surface area contributed by atoms with Gasteiger partial charge in [-0.3, -0.25) is 0 Å². The molecule has 0 radical (unpaired) electrons. The molecule has 0 aromatic heterocycles. The summed E-state index contributed by atoms with van der Waals surface area (Å²) < 4.78 is 16.3. The predicted molar refractivity (Wildman–Crippen MR) is 94.5 cm³/mol. The molecule has 0 fully saturated rings. The first-order valence-corrected chi connectivity index (χ1v) is 7.72. The maximum Gasteiger partial charge on any atom is 0.169 e. The molecule has 0 saturated heterocycles. The van der Waals surface area contributed by atoms with Gasteiger partial charge in [-0.25, -0.2) is 0 Å². The highest BCUT2D eigenvalue weighted by Gasteiger charge is 2.07. The van der Waals surface area contributed by atoms with E-state index < -0.39 is 0 Å². The first-order valence-electron chi connectivity index (χ1n) is 7.72. The second kappa shape index (κ2) is 8.82. The molecule has 2 aromatic rings. The van der Waals surface area contributed by atoms with E-state index in [1.165, 1.54) is 0 Å². The van der Waals surface area contributed by atoms with Crippen LogP contribution in [0.1, 0.15) is 16.7 Å². The average molecular weight is 329 g/mol. The van der Waals surface area contributed by atoms with Crippen LogP contribution in [0.5, 0.6) is 17.2 Å². The highest BCUT2D eigenvalue weighted by molar-refractivity contribution is 5.84. The monoisotopic (exact) mass is 329 g/mol. The molecule has 5 nitrogen and oxygen atoms in total. The van der Waals surface area contributed by atoms with Gasteiger partial charge < -0.3 is 19.0 Å². The molecule has 0 aliphatic heterocycles. The maximum absolute atomic E-state index is 5.76. The maximum atomic E-state index is 5.76. The lowest BCUT2D eigenvalue weighted by molar-refractivity contribution is 0.108. The van der Waals surface area contributed by atoms with Crippen LogP contribution in [0.2, 0.25) is 0 Å². The highest BCUT2D eigenvalue weighted by atomic mass is 16.6. The minimum Gasteiger partial charge on any atom is -0.493 e. The standard InChI is InChI=1S/C19H23NO4/c1-14-7-5-8-15(2)18(14)23-11-12-24-20-13-16-9-6-10-17(21-3)19(16)22-4/h5-10,13H,11-12H2,1-4H3/b20-13+. The van der Waals surface area contributed by atoms with Crippen molar-refractivity contribution in [3.8, 4) is 17.2 Å². The SMILES string of the molecule is COc1cccc(/C=N/OCCOc2c(C)cccc2C)c1OC. The van der Waals surface area contributed by atoms with E-state index in [4.69, 9.17) is 19.0 Å². The van der Waals surface area contributed by atoms with Crippen LogP contribution >= 0.6 is 0 Å². The third-order valence-corrected chi connectivity index (χ3v) is 3.53. The zero-order valence-electron chi connectivity index (χ0n) is 14.5. The Balaban J connectivity index is 1.86. The van der Waals surface area contributed by atoms with Gasteiger partial charge in [-0.1, -0.05) is 29.4 Å². The molecule has 0 amide bonds. The number of oxime groups is 1. The molecule has 128 valence electrons. The fourth-order valence-electron chi connectivity index (χ4n) is 2.37. The molecule has 5 heteroatoms. The van der Waals surface area contributed by atoms with E-state index >= 15 is 0 Å². The fraction of sp³-hybridized carbons (Fsp3) is 0.316. The van der Waals surface area contributed by atoms with Crippen molar-refractivity contribution in [1.29, 1.82) is 0 Å². The van der Waals surface area contributed by atoms with Crippen molar-refractivity contribution in [2.24, 2.45) is 5.16 Å². The van der Waals surface area contributed by atoms with Gasteiger partial charge in [-0.05, 0) is 37.1 Å². The van der Waals surface area contributed by atoms with Crippen molar-refractivity contribution in [2.45, 2.75) is 13.8 Å². The topological polar surface area (TPSA) is 49.3 Å². The smallest absolute Gasteiger partial charge is 0.169 e. The lowest BCUT2D eigenvalue weighted by Crippen LogP contribution is -2.06. The summed E-state index contributed by atoms with van der Waals surface area (Å²) in [6.45, 7) is 4.83. The van der Waals surface area contributed by atoms with Gasteiger partial charge in [0.15, 0.2) is 18.1 Å². The number of hydrogen-bond acceptors (Lipinski definition) is 5. The molecule has 2 rings (SSSR count). The van der Waals surface area contributed by atoms with E-state index in [0.29, 0.717) is 24.7 Å². The minimum absolute atomic E-state index is 0.358. The van der Waals surface area contributed by atoms with Gasteiger partial charge in [0.2, 0.25) is 0 Å². The second-order valence-corrected chi connectivity index (χ2v) is 5.22. The molecular formula is C19H23NO4. The van der Waals surface area contributed by atoms with E-state index in [0.717, 1.165) is 22.4 Å². The Labute approximate surface area is 142 Å². The van der Waals surface area contributed by atoms with Crippen molar-refractivity contribution in [2.75, 3.05) is 27.4 Å². The van der Waals surface area contributed by atoms with E-state index in [-0.39, 0.29) is 0 Å². The largest absolute Gasteiger partial charge is 0.493 e. The molecule has 2 aromatic carbocycles. The molecular weight excluding hydrogens is 306 g/mol. The Hall–Kier alpha value is -2.69. The third kappa shape index (κ3) is 4.41.